The van der Waals surface area contributed by atoms with Gasteiger partial charge in [0.1, 0.15) is 11.6 Å². The van der Waals surface area contributed by atoms with Gasteiger partial charge in [0.25, 0.3) is 0 Å². The fraction of sp³-hybridized carbons (Fsp3) is 0.833. The molecule has 17 heavy (non-hydrogen) atoms. The summed E-state index contributed by atoms with van der Waals surface area (Å²) >= 11 is 0. The summed E-state index contributed by atoms with van der Waals surface area (Å²) in [7, 11) is 0. The summed E-state index contributed by atoms with van der Waals surface area (Å²) in [6.45, 7) is 6.83. The Morgan fingerprint density at radius 3 is 2.82 bits per heavy atom. The number of aryl methyl sites for hydroxylation is 1. The van der Waals surface area contributed by atoms with E-state index in [4.69, 9.17) is 0 Å². The lowest BCUT2D eigenvalue weighted by Gasteiger charge is -2.27. The lowest BCUT2D eigenvalue weighted by molar-refractivity contribution is 0.241. The second kappa shape index (κ2) is 5.14. The number of nitrogens with zero attached hydrogens (tertiary/aromatic N) is 4. The van der Waals surface area contributed by atoms with Gasteiger partial charge in [0.05, 0.1) is 0 Å². The highest BCUT2D eigenvalue weighted by molar-refractivity contribution is 4.99. The number of rotatable bonds is 3. The first-order valence-corrected chi connectivity index (χ1v) is 6.77. The molecule has 1 N–H and O–H groups in total. The molecule has 0 bridgehead atoms. The predicted octanol–water partition coefficient (Wildman–Crippen LogP) is 0.0621. The van der Waals surface area contributed by atoms with Crippen LogP contribution in [0.3, 0.4) is 0 Å². The van der Waals surface area contributed by atoms with E-state index in [9.17, 15) is 0 Å². The van der Waals surface area contributed by atoms with Gasteiger partial charge in [-0.25, -0.2) is 0 Å². The Labute approximate surface area is 102 Å². The van der Waals surface area contributed by atoms with E-state index in [0.29, 0.717) is 0 Å². The first kappa shape index (κ1) is 11.2. The van der Waals surface area contributed by atoms with Crippen molar-refractivity contribution in [3.05, 3.63) is 11.6 Å². The number of piperazine rings is 1. The molecule has 1 saturated heterocycles. The molecule has 2 aliphatic heterocycles. The van der Waals surface area contributed by atoms with E-state index < -0.39 is 0 Å². The van der Waals surface area contributed by atoms with Crippen LogP contribution in [0.15, 0.2) is 0 Å². The molecule has 1 aromatic rings. The van der Waals surface area contributed by atoms with Gasteiger partial charge in [0.2, 0.25) is 0 Å². The van der Waals surface area contributed by atoms with Gasteiger partial charge in [-0.05, 0) is 12.8 Å². The first-order valence-electron chi connectivity index (χ1n) is 6.77. The van der Waals surface area contributed by atoms with Crippen LogP contribution in [0.2, 0.25) is 0 Å². The van der Waals surface area contributed by atoms with E-state index in [1.54, 1.807) is 0 Å². The van der Waals surface area contributed by atoms with E-state index in [0.717, 1.165) is 39.0 Å². The zero-order valence-electron chi connectivity index (χ0n) is 10.4. The molecule has 0 unspecified atom stereocenters. The molecule has 1 fully saturated rings. The van der Waals surface area contributed by atoms with Gasteiger partial charge in [-0.1, -0.05) is 0 Å². The number of aromatic nitrogens is 3. The molecule has 3 rings (SSSR count). The molecule has 5 nitrogen and oxygen atoms in total. The van der Waals surface area contributed by atoms with Crippen molar-refractivity contribution in [2.75, 3.05) is 32.7 Å². The van der Waals surface area contributed by atoms with Crippen LogP contribution in [0, 0.1) is 0 Å². The van der Waals surface area contributed by atoms with Crippen molar-refractivity contribution in [1.82, 2.24) is 25.0 Å². The molecule has 0 radical (unpaired) electrons. The summed E-state index contributed by atoms with van der Waals surface area (Å²) in [5.41, 5.74) is 0. The van der Waals surface area contributed by atoms with E-state index >= 15 is 0 Å². The van der Waals surface area contributed by atoms with Gasteiger partial charge >= 0.3 is 0 Å². The maximum Gasteiger partial charge on any atom is 0.134 e. The lowest BCUT2D eigenvalue weighted by Crippen LogP contribution is -2.44. The van der Waals surface area contributed by atoms with Gasteiger partial charge in [-0.3, -0.25) is 0 Å². The molecule has 0 saturated carbocycles. The fourth-order valence-corrected chi connectivity index (χ4v) is 2.75. The third-order valence-corrected chi connectivity index (χ3v) is 3.80. The van der Waals surface area contributed by atoms with Gasteiger partial charge in [0, 0.05) is 52.1 Å². The Morgan fingerprint density at radius 2 is 1.94 bits per heavy atom. The number of nitrogens with one attached hydrogen (secondary N) is 1. The maximum absolute atomic E-state index is 4.35. The molecular formula is C12H21N5. The van der Waals surface area contributed by atoms with Crippen LogP contribution >= 0.6 is 0 Å². The van der Waals surface area contributed by atoms with Crippen LogP contribution in [-0.4, -0.2) is 52.4 Å². The number of fused-ring (bicyclic) bond motifs is 1. The SMILES string of the molecule is C1CCn2c(nnc2CCN2CCNCC2)C1. The smallest absolute Gasteiger partial charge is 0.134 e. The zero-order valence-corrected chi connectivity index (χ0v) is 10.4. The Balaban J connectivity index is 1.59. The zero-order chi connectivity index (χ0) is 11.5. The van der Waals surface area contributed by atoms with Crippen LogP contribution in [0.25, 0.3) is 0 Å². The predicted molar refractivity (Wildman–Crippen MR) is 66.0 cm³/mol. The van der Waals surface area contributed by atoms with Crippen molar-refractivity contribution in [2.24, 2.45) is 0 Å². The summed E-state index contributed by atoms with van der Waals surface area (Å²) in [5.74, 6) is 2.39. The second-order valence-corrected chi connectivity index (χ2v) is 4.98. The van der Waals surface area contributed by atoms with Crippen molar-refractivity contribution in [2.45, 2.75) is 32.2 Å². The normalized spacial score (nSPS) is 21.4. The first-order chi connectivity index (χ1) is 8.43. The van der Waals surface area contributed by atoms with Crippen molar-refractivity contribution in [3.8, 4) is 0 Å². The second-order valence-electron chi connectivity index (χ2n) is 4.98. The quantitative estimate of drug-likeness (QED) is 0.805. The summed E-state index contributed by atoms with van der Waals surface area (Å²) in [6.07, 6.45) is 4.72. The highest BCUT2D eigenvalue weighted by atomic mass is 15.3. The average Bonchev–Trinajstić information content (AvgIpc) is 2.81. The molecule has 0 aromatic carbocycles. The van der Waals surface area contributed by atoms with Crippen molar-refractivity contribution >= 4 is 0 Å². The molecule has 0 amide bonds. The topological polar surface area (TPSA) is 46.0 Å². The molecule has 1 aromatic heterocycles. The monoisotopic (exact) mass is 235 g/mol. The summed E-state index contributed by atoms with van der Waals surface area (Å²) < 4.78 is 2.34. The number of hydrogen-bond acceptors (Lipinski definition) is 4. The Hall–Kier alpha value is -0.940. The third-order valence-electron chi connectivity index (χ3n) is 3.80. The fourth-order valence-electron chi connectivity index (χ4n) is 2.75. The summed E-state index contributed by atoms with van der Waals surface area (Å²) in [6, 6.07) is 0. The van der Waals surface area contributed by atoms with Gasteiger partial charge in [-0.2, -0.15) is 0 Å². The average molecular weight is 235 g/mol. The molecule has 0 atom stereocenters. The molecule has 94 valence electrons. The largest absolute Gasteiger partial charge is 0.315 e. The molecule has 3 heterocycles. The highest BCUT2D eigenvalue weighted by Gasteiger charge is 2.16. The van der Waals surface area contributed by atoms with E-state index in [1.807, 2.05) is 0 Å². The lowest BCUT2D eigenvalue weighted by atomic mass is 10.1. The Morgan fingerprint density at radius 1 is 1.06 bits per heavy atom. The van der Waals surface area contributed by atoms with Crippen LogP contribution in [0.5, 0.6) is 0 Å². The minimum atomic E-state index is 1.05. The number of hydrogen-bond donors (Lipinski definition) is 1. The van der Waals surface area contributed by atoms with Crippen LogP contribution in [0.1, 0.15) is 24.5 Å². The van der Waals surface area contributed by atoms with Crippen LogP contribution in [0.4, 0.5) is 0 Å². The standard InChI is InChI=1S/C12H21N5/c1-2-7-17-11(3-1)14-15-12(17)4-8-16-9-5-13-6-10-16/h13H,1-10H2. The van der Waals surface area contributed by atoms with Gasteiger partial charge in [0.15, 0.2) is 0 Å². The molecule has 0 aliphatic carbocycles. The summed E-state index contributed by atoms with van der Waals surface area (Å²) in [5, 5.41) is 12.0. The van der Waals surface area contributed by atoms with Crippen molar-refractivity contribution < 1.29 is 0 Å². The minimum Gasteiger partial charge on any atom is -0.315 e. The summed E-state index contributed by atoms with van der Waals surface area (Å²) in [4.78, 5) is 2.51. The van der Waals surface area contributed by atoms with Gasteiger partial charge in [-0.15, -0.1) is 10.2 Å². The van der Waals surface area contributed by atoms with E-state index in [2.05, 4.69) is 25.0 Å². The van der Waals surface area contributed by atoms with Gasteiger partial charge < -0.3 is 14.8 Å². The molecule has 5 heteroatoms. The molecular weight excluding hydrogens is 214 g/mol. The van der Waals surface area contributed by atoms with Crippen molar-refractivity contribution in [1.29, 1.82) is 0 Å². The molecule has 2 aliphatic rings. The van der Waals surface area contributed by atoms with E-state index in [1.165, 1.54) is 37.6 Å². The third kappa shape index (κ3) is 2.50. The molecule has 0 spiro atoms. The van der Waals surface area contributed by atoms with Crippen LogP contribution in [-0.2, 0) is 19.4 Å². The van der Waals surface area contributed by atoms with E-state index in [-0.39, 0.29) is 0 Å². The highest BCUT2D eigenvalue weighted by Crippen LogP contribution is 2.14. The van der Waals surface area contributed by atoms with Crippen LogP contribution < -0.4 is 5.32 Å². The maximum atomic E-state index is 4.35. The van der Waals surface area contributed by atoms with Crippen molar-refractivity contribution in [3.63, 3.8) is 0 Å². The Kier molecular flexibility index (Phi) is 3.38. The minimum absolute atomic E-state index is 1.05. The Bertz CT molecular complexity index is 367.